The van der Waals surface area contributed by atoms with E-state index in [9.17, 15) is 0 Å². The molecule has 0 radical (unpaired) electrons. The van der Waals surface area contributed by atoms with Gasteiger partial charge in [0.2, 0.25) is 0 Å². The Kier molecular flexibility index (Phi) is 8.06. The first-order valence-electron chi connectivity index (χ1n) is 7.16. The zero-order chi connectivity index (χ0) is 13.4. The van der Waals surface area contributed by atoms with Gasteiger partial charge in [0, 0.05) is 5.54 Å². The van der Waals surface area contributed by atoms with Gasteiger partial charge in [0.25, 0.3) is 0 Å². The molecule has 2 heteroatoms. The van der Waals surface area contributed by atoms with Crippen molar-refractivity contribution < 1.29 is 0 Å². The molecule has 0 aliphatic rings. The van der Waals surface area contributed by atoms with Gasteiger partial charge in [-0.2, -0.15) is 0 Å². The molecular weight excluding hydrogens is 208 g/mol. The standard InChI is InChI=1S/C15H34N2/c1-14(2,3)10-13-16-11-8-7-9-12-17-15(4,5)6/h16-17H,7-13H2,1-6H3. The van der Waals surface area contributed by atoms with Crippen LogP contribution < -0.4 is 10.6 Å². The molecule has 0 rings (SSSR count). The Morgan fingerprint density at radius 2 is 1.29 bits per heavy atom. The van der Waals surface area contributed by atoms with Crippen LogP contribution in [0.4, 0.5) is 0 Å². The maximum Gasteiger partial charge on any atom is 0.00965 e. The highest BCUT2D eigenvalue weighted by Crippen LogP contribution is 2.16. The predicted octanol–water partition coefficient (Wildman–Crippen LogP) is 3.57. The van der Waals surface area contributed by atoms with Crippen molar-refractivity contribution in [1.82, 2.24) is 10.6 Å². The fraction of sp³-hybridized carbons (Fsp3) is 1.00. The molecule has 0 fully saturated rings. The highest BCUT2D eigenvalue weighted by Gasteiger charge is 2.08. The highest BCUT2D eigenvalue weighted by molar-refractivity contribution is 4.69. The lowest BCUT2D eigenvalue weighted by Gasteiger charge is -2.20. The SMILES string of the molecule is CC(C)(C)CCNCCCCCNC(C)(C)C. The average molecular weight is 242 g/mol. The third-order valence-electron chi connectivity index (χ3n) is 2.74. The highest BCUT2D eigenvalue weighted by atomic mass is 14.9. The van der Waals surface area contributed by atoms with Crippen LogP contribution in [0.2, 0.25) is 0 Å². The molecule has 0 unspecified atom stereocenters. The van der Waals surface area contributed by atoms with Crippen molar-refractivity contribution in [2.24, 2.45) is 5.41 Å². The largest absolute Gasteiger partial charge is 0.317 e. The molecular formula is C15H34N2. The van der Waals surface area contributed by atoms with Gasteiger partial charge < -0.3 is 10.6 Å². The average Bonchev–Trinajstić information content (AvgIpc) is 2.11. The molecule has 0 aromatic carbocycles. The molecule has 0 aromatic heterocycles. The third-order valence-corrected chi connectivity index (χ3v) is 2.74. The number of hydrogen-bond acceptors (Lipinski definition) is 2. The van der Waals surface area contributed by atoms with Gasteiger partial charge in [-0.1, -0.05) is 27.2 Å². The van der Waals surface area contributed by atoms with Gasteiger partial charge in [-0.15, -0.1) is 0 Å². The van der Waals surface area contributed by atoms with Crippen LogP contribution >= 0.6 is 0 Å². The number of nitrogens with one attached hydrogen (secondary N) is 2. The van der Waals surface area contributed by atoms with Gasteiger partial charge in [-0.05, 0) is 65.1 Å². The van der Waals surface area contributed by atoms with Crippen LogP contribution in [0, 0.1) is 5.41 Å². The molecule has 17 heavy (non-hydrogen) atoms. The summed E-state index contributed by atoms with van der Waals surface area (Å²) in [5.74, 6) is 0. The summed E-state index contributed by atoms with van der Waals surface area (Å²) in [4.78, 5) is 0. The number of rotatable bonds is 8. The van der Waals surface area contributed by atoms with E-state index in [-0.39, 0.29) is 5.54 Å². The van der Waals surface area contributed by atoms with Crippen LogP contribution in [-0.2, 0) is 0 Å². The summed E-state index contributed by atoms with van der Waals surface area (Å²) in [6, 6.07) is 0. The van der Waals surface area contributed by atoms with Crippen LogP contribution in [-0.4, -0.2) is 25.2 Å². The van der Waals surface area contributed by atoms with Crippen LogP contribution in [0.5, 0.6) is 0 Å². The lowest BCUT2D eigenvalue weighted by Crippen LogP contribution is -2.36. The molecule has 0 amide bonds. The molecule has 0 aliphatic carbocycles. The second-order valence-electron chi connectivity index (χ2n) is 7.30. The second-order valence-corrected chi connectivity index (χ2v) is 7.30. The summed E-state index contributed by atoms with van der Waals surface area (Å²) >= 11 is 0. The van der Waals surface area contributed by atoms with Gasteiger partial charge in [-0.3, -0.25) is 0 Å². The Hall–Kier alpha value is -0.0800. The zero-order valence-electron chi connectivity index (χ0n) is 12.9. The van der Waals surface area contributed by atoms with E-state index >= 15 is 0 Å². The first-order valence-corrected chi connectivity index (χ1v) is 7.16. The van der Waals surface area contributed by atoms with Crippen molar-refractivity contribution in [2.45, 2.75) is 72.8 Å². The molecule has 0 bridgehead atoms. The van der Waals surface area contributed by atoms with E-state index in [1.165, 1.54) is 32.2 Å². The maximum absolute atomic E-state index is 3.53. The molecule has 2 nitrogen and oxygen atoms in total. The van der Waals surface area contributed by atoms with Gasteiger partial charge >= 0.3 is 0 Å². The first-order chi connectivity index (χ1) is 7.71. The van der Waals surface area contributed by atoms with Crippen molar-refractivity contribution in [3.8, 4) is 0 Å². The van der Waals surface area contributed by atoms with E-state index in [4.69, 9.17) is 0 Å². The van der Waals surface area contributed by atoms with E-state index in [1.54, 1.807) is 0 Å². The van der Waals surface area contributed by atoms with E-state index in [0.29, 0.717) is 5.41 Å². The van der Waals surface area contributed by atoms with E-state index in [1.807, 2.05) is 0 Å². The van der Waals surface area contributed by atoms with Crippen molar-refractivity contribution in [3.05, 3.63) is 0 Å². The molecule has 0 aliphatic heterocycles. The van der Waals surface area contributed by atoms with Crippen LogP contribution in [0.1, 0.15) is 67.2 Å². The maximum atomic E-state index is 3.53. The molecule has 0 heterocycles. The molecule has 0 saturated heterocycles. The number of hydrogen-bond donors (Lipinski definition) is 2. The molecule has 104 valence electrons. The van der Waals surface area contributed by atoms with Crippen molar-refractivity contribution in [3.63, 3.8) is 0 Å². The fourth-order valence-corrected chi connectivity index (χ4v) is 1.60. The lowest BCUT2D eigenvalue weighted by molar-refractivity contribution is 0.365. The number of unbranched alkanes of at least 4 members (excludes halogenated alkanes) is 2. The Morgan fingerprint density at radius 1 is 0.706 bits per heavy atom. The topological polar surface area (TPSA) is 24.1 Å². The monoisotopic (exact) mass is 242 g/mol. The van der Waals surface area contributed by atoms with Gasteiger partial charge in [-0.25, -0.2) is 0 Å². The Labute approximate surface area is 109 Å². The zero-order valence-corrected chi connectivity index (χ0v) is 12.9. The Balaban J connectivity index is 3.15. The fourth-order valence-electron chi connectivity index (χ4n) is 1.60. The van der Waals surface area contributed by atoms with Gasteiger partial charge in [0.05, 0.1) is 0 Å². The van der Waals surface area contributed by atoms with Crippen molar-refractivity contribution in [2.75, 3.05) is 19.6 Å². The van der Waals surface area contributed by atoms with Crippen LogP contribution in [0.15, 0.2) is 0 Å². The van der Waals surface area contributed by atoms with Crippen LogP contribution in [0.3, 0.4) is 0 Å². The van der Waals surface area contributed by atoms with Crippen molar-refractivity contribution >= 4 is 0 Å². The minimum atomic E-state index is 0.269. The van der Waals surface area contributed by atoms with Gasteiger partial charge in [0.15, 0.2) is 0 Å². The van der Waals surface area contributed by atoms with E-state index in [2.05, 4.69) is 52.2 Å². The van der Waals surface area contributed by atoms with E-state index in [0.717, 1.165) is 13.1 Å². The summed E-state index contributed by atoms with van der Waals surface area (Å²) in [7, 11) is 0. The molecule has 0 aromatic rings. The summed E-state index contributed by atoms with van der Waals surface area (Å²) in [5.41, 5.74) is 0.731. The second kappa shape index (κ2) is 8.10. The first kappa shape index (κ1) is 16.9. The lowest BCUT2D eigenvalue weighted by atomic mass is 9.92. The Morgan fingerprint density at radius 3 is 1.82 bits per heavy atom. The summed E-state index contributed by atoms with van der Waals surface area (Å²) in [5, 5.41) is 7.05. The molecule has 0 saturated carbocycles. The molecule has 2 N–H and O–H groups in total. The third kappa shape index (κ3) is 15.9. The predicted molar refractivity (Wildman–Crippen MR) is 78.5 cm³/mol. The Bertz CT molecular complexity index is 154. The van der Waals surface area contributed by atoms with Crippen molar-refractivity contribution in [1.29, 1.82) is 0 Å². The minimum Gasteiger partial charge on any atom is -0.317 e. The summed E-state index contributed by atoms with van der Waals surface area (Å²) in [6.45, 7) is 17.0. The van der Waals surface area contributed by atoms with Crippen LogP contribution in [0.25, 0.3) is 0 Å². The summed E-state index contributed by atoms with van der Waals surface area (Å²) < 4.78 is 0. The quantitative estimate of drug-likeness (QED) is 0.636. The smallest absolute Gasteiger partial charge is 0.00965 e. The van der Waals surface area contributed by atoms with Gasteiger partial charge in [0.1, 0.15) is 0 Å². The molecule has 0 spiro atoms. The summed E-state index contributed by atoms with van der Waals surface area (Å²) in [6.07, 6.45) is 5.18. The normalized spacial score (nSPS) is 13.1. The molecule has 0 atom stereocenters. The minimum absolute atomic E-state index is 0.269. The van der Waals surface area contributed by atoms with E-state index < -0.39 is 0 Å².